The van der Waals surface area contributed by atoms with E-state index >= 15 is 0 Å². The zero-order valence-corrected chi connectivity index (χ0v) is 18.1. The zero-order valence-electron chi connectivity index (χ0n) is 17.3. The van der Waals surface area contributed by atoms with E-state index in [1.807, 2.05) is 74.5 Å². The molecule has 2 saturated heterocycles. The van der Waals surface area contributed by atoms with Crippen molar-refractivity contribution in [1.82, 2.24) is 0 Å². The lowest BCUT2D eigenvalue weighted by molar-refractivity contribution is -0.165. The van der Waals surface area contributed by atoms with Gasteiger partial charge in [-0.05, 0) is 25.0 Å². The maximum absolute atomic E-state index is 12.8. The molecule has 2 fully saturated rings. The van der Waals surface area contributed by atoms with E-state index in [9.17, 15) is 8.42 Å². The second kappa shape index (κ2) is 8.77. The average Bonchev–Trinajstić information content (AvgIpc) is 3.00. The van der Waals surface area contributed by atoms with Crippen LogP contribution >= 0.6 is 0 Å². The highest BCUT2D eigenvalue weighted by Gasteiger charge is 2.53. The van der Waals surface area contributed by atoms with E-state index in [4.69, 9.17) is 18.9 Å². The molecule has 0 aliphatic carbocycles. The third-order valence-electron chi connectivity index (χ3n) is 5.35. The topological polar surface area (TPSA) is 71.1 Å². The number of rotatable bonds is 6. The number of hydrogen-bond donors (Lipinski definition) is 0. The molecule has 2 aromatic carbocycles. The molecular weight excluding hydrogens is 404 g/mol. The maximum Gasteiger partial charge on any atom is 0.164 e. The molecule has 6 nitrogen and oxygen atoms in total. The van der Waals surface area contributed by atoms with Crippen LogP contribution in [0.25, 0.3) is 0 Å². The van der Waals surface area contributed by atoms with Crippen molar-refractivity contribution in [1.29, 1.82) is 0 Å². The molecule has 162 valence electrons. The summed E-state index contributed by atoms with van der Waals surface area (Å²) >= 11 is 0. The fraction of sp³-hybridized carbons (Fsp3) is 0.478. The predicted octanol–water partition coefficient (Wildman–Crippen LogP) is 3.11. The second-order valence-corrected chi connectivity index (χ2v) is 10.5. The lowest BCUT2D eigenvalue weighted by atomic mass is 10.0. The van der Waals surface area contributed by atoms with Gasteiger partial charge in [0, 0.05) is 0 Å². The van der Waals surface area contributed by atoms with Gasteiger partial charge in [0.2, 0.25) is 0 Å². The van der Waals surface area contributed by atoms with Crippen LogP contribution in [0.2, 0.25) is 0 Å². The van der Waals surface area contributed by atoms with Gasteiger partial charge in [-0.3, -0.25) is 0 Å². The molecule has 4 atom stereocenters. The first-order valence-electron chi connectivity index (χ1n) is 10.2. The number of hydrogen-bond acceptors (Lipinski definition) is 6. The highest BCUT2D eigenvalue weighted by molar-refractivity contribution is 7.91. The third kappa shape index (κ3) is 5.28. The van der Waals surface area contributed by atoms with Gasteiger partial charge in [-0.2, -0.15) is 0 Å². The maximum atomic E-state index is 12.8. The summed E-state index contributed by atoms with van der Waals surface area (Å²) in [6.45, 7) is 4.28. The monoisotopic (exact) mass is 432 g/mol. The van der Waals surface area contributed by atoms with Crippen LogP contribution in [0.15, 0.2) is 60.7 Å². The fourth-order valence-electron chi connectivity index (χ4n) is 3.99. The number of fused-ring (bicyclic) bond motifs is 1. The van der Waals surface area contributed by atoms with Crippen molar-refractivity contribution in [3.05, 3.63) is 71.8 Å². The minimum Gasteiger partial charge on any atom is -0.370 e. The number of sulfone groups is 1. The van der Waals surface area contributed by atoms with Crippen molar-refractivity contribution in [3.8, 4) is 0 Å². The molecule has 30 heavy (non-hydrogen) atoms. The van der Waals surface area contributed by atoms with Gasteiger partial charge in [0.1, 0.15) is 24.4 Å². The predicted molar refractivity (Wildman–Crippen MR) is 113 cm³/mol. The Kier molecular flexibility index (Phi) is 6.27. The van der Waals surface area contributed by atoms with Gasteiger partial charge < -0.3 is 18.9 Å². The van der Waals surface area contributed by atoms with Crippen molar-refractivity contribution in [2.75, 3.05) is 11.5 Å². The van der Waals surface area contributed by atoms with Crippen molar-refractivity contribution < 1.29 is 27.4 Å². The van der Waals surface area contributed by atoms with Crippen molar-refractivity contribution in [2.24, 2.45) is 0 Å². The van der Waals surface area contributed by atoms with Crippen molar-refractivity contribution >= 4 is 9.84 Å². The molecule has 0 amide bonds. The summed E-state index contributed by atoms with van der Waals surface area (Å²) in [5, 5.41) is 0. The summed E-state index contributed by atoms with van der Waals surface area (Å²) in [5.41, 5.74) is 1.96. The molecule has 2 aromatic rings. The normalized spacial score (nSPS) is 29.8. The van der Waals surface area contributed by atoms with Gasteiger partial charge in [0.05, 0.1) is 24.7 Å². The lowest BCUT2D eigenvalue weighted by Gasteiger charge is -2.26. The molecule has 0 unspecified atom stereocenters. The Labute approximate surface area is 178 Å². The first kappa shape index (κ1) is 21.5. The van der Waals surface area contributed by atoms with E-state index in [-0.39, 0.29) is 11.5 Å². The standard InChI is InChI=1S/C23H28O6S/c1-23(2)28-21-19(26-13-17-9-5-3-6-10-17)15-30(24,25)16-20(22(21)29-23)27-14-18-11-7-4-8-12-18/h3-12,19-22H,13-16H2,1-2H3/t19-,20-,21+,22+/m0/s1. The van der Waals surface area contributed by atoms with Crippen LogP contribution in [0.3, 0.4) is 0 Å². The first-order valence-corrected chi connectivity index (χ1v) is 12.0. The van der Waals surface area contributed by atoms with Gasteiger partial charge in [-0.1, -0.05) is 60.7 Å². The third-order valence-corrected chi connectivity index (χ3v) is 7.02. The molecule has 0 spiro atoms. The Morgan fingerprint density at radius 1 is 0.800 bits per heavy atom. The summed E-state index contributed by atoms with van der Waals surface area (Å²) in [6.07, 6.45) is -2.32. The highest BCUT2D eigenvalue weighted by atomic mass is 32.2. The van der Waals surface area contributed by atoms with Crippen molar-refractivity contribution in [2.45, 2.75) is 57.3 Å². The first-order chi connectivity index (χ1) is 14.3. The Balaban J connectivity index is 1.53. The SMILES string of the molecule is CC1(C)O[C@H]2[C@H](O1)[C@@H](OCc1ccccc1)CS(=O)(=O)C[C@@H]2OCc1ccccc1. The number of benzene rings is 2. The molecule has 0 saturated carbocycles. The Bertz CT molecular complexity index is 859. The summed E-state index contributed by atoms with van der Waals surface area (Å²) in [6, 6.07) is 19.4. The molecule has 0 N–H and O–H groups in total. The van der Waals surface area contributed by atoms with Crippen LogP contribution in [-0.2, 0) is 42.0 Å². The molecule has 0 bridgehead atoms. The highest BCUT2D eigenvalue weighted by Crippen LogP contribution is 2.37. The van der Waals surface area contributed by atoms with Crippen LogP contribution in [0.5, 0.6) is 0 Å². The molecule has 4 rings (SSSR count). The molecular formula is C23H28O6S. The largest absolute Gasteiger partial charge is 0.370 e. The van der Waals surface area contributed by atoms with Crippen molar-refractivity contribution in [3.63, 3.8) is 0 Å². The number of ether oxygens (including phenoxy) is 4. The van der Waals surface area contributed by atoms with Gasteiger partial charge in [-0.15, -0.1) is 0 Å². The Morgan fingerprint density at radius 2 is 1.20 bits per heavy atom. The second-order valence-electron chi connectivity index (χ2n) is 8.31. The van der Waals surface area contributed by atoms with Crippen LogP contribution in [0.1, 0.15) is 25.0 Å². The summed E-state index contributed by atoms with van der Waals surface area (Å²) in [5.74, 6) is -1.07. The zero-order chi connectivity index (χ0) is 21.2. The van der Waals surface area contributed by atoms with E-state index in [2.05, 4.69) is 0 Å². The molecule has 0 aromatic heterocycles. The minimum absolute atomic E-state index is 0.119. The van der Waals surface area contributed by atoms with Gasteiger partial charge in [0.15, 0.2) is 15.6 Å². The molecule has 2 aliphatic heterocycles. The summed E-state index contributed by atoms with van der Waals surface area (Å²) < 4.78 is 50.0. The smallest absolute Gasteiger partial charge is 0.164 e. The van der Waals surface area contributed by atoms with E-state index in [1.54, 1.807) is 0 Å². The van der Waals surface area contributed by atoms with Crippen LogP contribution in [0, 0.1) is 0 Å². The van der Waals surface area contributed by atoms with Gasteiger partial charge in [-0.25, -0.2) is 8.42 Å². The quantitative estimate of drug-likeness (QED) is 0.699. The van der Waals surface area contributed by atoms with Gasteiger partial charge >= 0.3 is 0 Å². The van der Waals surface area contributed by atoms with E-state index in [1.165, 1.54) is 0 Å². The van der Waals surface area contributed by atoms with E-state index < -0.39 is 40.0 Å². The molecule has 0 radical (unpaired) electrons. The molecule has 2 heterocycles. The van der Waals surface area contributed by atoms with Gasteiger partial charge in [0.25, 0.3) is 0 Å². The minimum atomic E-state index is -3.42. The van der Waals surface area contributed by atoms with E-state index in [0.29, 0.717) is 13.2 Å². The summed E-state index contributed by atoms with van der Waals surface area (Å²) in [7, 11) is -3.42. The van der Waals surface area contributed by atoms with Crippen LogP contribution in [-0.4, -0.2) is 50.1 Å². The van der Waals surface area contributed by atoms with Crippen LogP contribution < -0.4 is 0 Å². The molecule has 7 heteroatoms. The lowest BCUT2D eigenvalue weighted by Crippen LogP contribution is -2.43. The van der Waals surface area contributed by atoms with Crippen LogP contribution in [0.4, 0.5) is 0 Å². The Morgan fingerprint density at radius 3 is 1.60 bits per heavy atom. The Hall–Kier alpha value is -1.77. The van der Waals surface area contributed by atoms with E-state index in [0.717, 1.165) is 11.1 Å². The fourth-order valence-corrected chi connectivity index (χ4v) is 5.70. The molecule has 2 aliphatic rings. The summed E-state index contributed by atoms with van der Waals surface area (Å²) in [4.78, 5) is 0. The average molecular weight is 433 g/mol.